The zero-order chi connectivity index (χ0) is 18.6. The number of allylic oxidation sites excluding steroid dienone is 1. The summed E-state index contributed by atoms with van der Waals surface area (Å²) in [6, 6.07) is 2.05. The highest BCUT2D eigenvalue weighted by Crippen LogP contribution is 2.28. The molecule has 0 aromatic carbocycles. The van der Waals surface area contributed by atoms with Crippen molar-refractivity contribution in [3.8, 4) is 0 Å². The Hall–Kier alpha value is -2.15. The second-order valence-electron chi connectivity index (χ2n) is 7.71. The van der Waals surface area contributed by atoms with E-state index in [4.69, 9.17) is 4.74 Å². The van der Waals surface area contributed by atoms with E-state index in [0.29, 0.717) is 13.2 Å². The number of ether oxygens (including phenoxy) is 1. The van der Waals surface area contributed by atoms with Crippen LogP contribution in [-0.4, -0.2) is 52.8 Å². The minimum Gasteiger partial charge on any atom is -0.381 e. The van der Waals surface area contributed by atoms with Crippen LogP contribution in [0.3, 0.4) is 0 Å². The molecule has 27 heavy (non-hydrogen) atoms. The Kier molecular flexibility index (Phi) is 5.57. The van der Waals surface area contributed by atoms with Gasteiger partial charge in [-0.05, 0) is 44.9 Å². The third kappa shape index (κ3) is 4.08. The van der Waals surface area contributed by atoms with Gasteiger partial charge in [0.05, 0.1) is 24.8 Å². The van der Waals surface area contributed by atoms with E-state index in [1.165, 1.54) is 6.42 Å². The minimum absolute atomic E-state index is 0.00565. The van der Waals surface area contributed by atoms with Gasteiger partial charge in [0, 0.05) is 31.3 Å². The molecule has 0 bridgehead atoms. The number of carbonyl (C=O) groups excluding carboxylic acids is 2. The molecule has 0 spiro atoms. The van der Waals surface area contributed by atoms with Crippen molar-refractivity contribution in [3.63, 3.8) is 0 Å². The maximum absolute atomic E-state index is 12.7. The molecule has 7 heteroatoms. The number of rotatable bonds is 4. The summed E-state index contributed by atoms with van der Waals surface area (Å²) >= 11 is 0. The molecule has 3 aliphatic rings. The summed E-state index contributed by atoms with van der Waals surface area (Å²) in [7, 11) is 0. The average molecular weight is 372 g/mol. The molecule has 1 aliphatic carbocycles. The Bertz CT molecular complexity index is 713. The van der Waals surface area contributed by atoms with Gasteiger partial charge in [-0.2, -0.15) is 5.10 Å². The number of carbonyl (C=O) groups is 2. The van der Waals surface area contributed by atoms with Gasteiger partial charge in [-0.1, -0.05) is 6.08 Å². The van der Waals surface area contributed by atoms with Crippen LogP contribution in [0.15, 0.2) is 23.9 Å². The smallest absolute Gasteiger partial charge is 0.249 e. The molecular formula is C20H28N4O3. The van der Waals surface area contributed by atoms with Crippen LogP contribution in [0.5, 0.6) is 0 Å². The maximum atomic E-state index is 12.7. The molecule has 0 saturated carbocycles. The van der Waals surface area contributed by atoms with Gasteiger partial charge in [0.15, 0.2) is 0 Å². The van der Waals surface area contributed by atoms with Crippen LogP contribution in [0.4, 0.5) is 5.82 Å². The molecule has 1 aromatic rings. The number of nitrogens with one attached hydrogen (secondary N) is 1. The van der Waals surface area contributed by atoms with Gasteiger partial charge in [-0.25, -0.2) is 4.68 Å². The Morgan fingerprint density at radius 1 is 1.19 bits per heavy atom. The van der Waals surface area contributed by atoms with E-state index in [9.17, 15) is 9.59 Å². The molecule has 0 radical (unpaired) electrons. The first-order valence-corrected chi connectivity index (χ1v) is 10.1. The summed E-state index contributed by atoms with van der Waals surface area (Å²) < 4.78 is 7.22. The van der Waals surface area contributed by atoms with Crippen molar-refractivity contribution in [1.29, 1.82) is 0 Å². The SMILES string of the molecule is O=C(Nc1ccnn1C1CCN(C(=O)C2=CCCCC2)CC1)[C@@H]1CCOC1. The lowest BCUT2D eigenvalue weighted by atomic mass is 9.97. The summed E-state index contributed by atoms with van der Waals surface area (Å²) in [5, 5.41) is 7.44. The van der Waals surface area contributed by atoms with Gasteiger partial charge in [-0.3, -0.25) is 9.59 Å². The van der Waals surface area contributed by atoms with Crippen molar-refractivity contribution < 1.29 is 14.3 Å². The first-order valence-electron chi connectivity index (χ1n) is 10.1. The van der Waals surface area contributed by atoms with Crippen LogP contribution >= 0.6 is 0 Å². The van der Waals surface area contributed by atoms with Crippen molar-refractivity contribution >= 4 is 17.6 Å². The summed E-state index contributed by atoms with van der Waals surface area (Å²) in [6.45, 7) is 2.63. The first-order chi connectivity index (χ1) is 13.2. The number of hydrogen-bond acceptors (Lipinski definition) is 4. The molecule has 1 aromatic heterocycles. The highest BCUT2D eigenvalue weighted by Gasteiger charge is 2.29. The van der Waals surface area contributed by atoms with Crippen LogP contribution in [0, 0.1) is 5.92 Å². The normalized spacial score (nSPS) is 23.9. The lowest BCUT2D eigenvalue weighted by Gasteiger charge is -2.33. The van der Waals surface area contributed by atoms with E-state index in [0.717, 1.165) is 63.0 Å². The molecule has 0 unspecified atom stereocenters. The number of amides is 2. The average Bonchev–Trinajstić information content (AvgIpc) is 3.40. The molecule has 7 nitrogen and oxygen atoms in total. The number of aromatic nitrogens is 2. The van der Waals surface area contributed by atoms with Gasteiger partial charge in [0.1, 0.15) is 5.82 Å². The van der Waals surface area contributed by atoms with Crippen LogP contribution in [0.25, 0.3) is 0 Å². The molecule has 3 heterocycles. The quantitative estimate of drug-likeness (QED) is 0.881. The van der Waals surface area contributed by atoms with Crippen molar-refractivity contribution in [2.24, 2.45) is 5.92 Å². The Morgan fingerprint density at radius 3 is 2.74 bits per heavy atom. The monoisotopic (exact) mass is 372 g/mol. The van der Waals surface area contributed by atoms with E-state index in [1.54, 1.807) is 6.20 Å². The van der Waals surface area contributed by atoms with Gasteiger partial charge in [0.25, 0.3) is 0 Å². The van der Waals surface area contributed by atoms with Crippen molar-refractivity contribution in [2.75, 3.05) is 31.6 Å². The fourth-order valence-corrected chi connectivity index (χ4v) is 4.22. The molecule has 2 saturated heterocycles. The molecule has 1 atom stereocenters. The lowest BCUT2D eigenvalue weighted by molar-refractivity contribution is -0.128. The fourth-order valence-electron chi connectivity index (χ4n) is 4.22. The molecule has 4 rings (SSSR count). The Morgan fingerprint density at radius 2 is 2.04 bits per heavy atom. The Labute approximate surface area is 159 Å². The first kappa shape index (κ1) is 18.2. The molecule has 1 N–H and O–H groups in total. The zero-order valence-electron chi connectivity index (χ0n) is 15.7. The summed E-state index contributed by atoms with van der Waals surface area (Å²) in [6.07, 6.45) is 10.6. The molecule has 2 fully saturated rings. The van der Waals surface area contributed by atoms with Crippen molar-refractivity contribution in [3.05, 3.63) is 23.9 Å². The van der Waals surface area contributed by atoms with E-state index in [-0.39, 0.29) is 23.8 Å². The largest absolute Gasteiger partial charge is 0.381 e. The molecule has 146 valence electrons. The van der Waals surface area contributed by atoms with E-state index in [2.05, 4.69) is 16.5 Å². The minimum atomic E-state index is -0.0726. The Balaban J connectivity index is 1.34. The van der Waals surface area contributed by atoms with Crippen molar-refractivity contribution in [1.82, 2.24) is 14.7 Å². The summed E-state index contributed by atoms with van der Waals surface area (Å²) in [5.41, 5.74) is 0.991. The third-order valence-corrected chi connectivity index (χ3v) is 5.89. The van der Waals surface area contributed by atoms with E-state index in [1.807, 2.05) is 15.6 Å². The van der Waals surface area contributed by atoms with Gasteiger partial charge < -0.3 is 15.0 Å². The standard InChI is InChI=1S/C20H28N4O3/c25-19(16-9-13-27-14-16)22-18-6-10-21-24(18)17-7-11-23(12-8-17)20(26)15-4-2-1-3-5-15/h4,6,10,16-17H,1-3,5,7-9,11-14H2,(H,22,25)/t16-/m1/s1. The predicted molar refractivity (Wildman–Crippen MR) is 101 cm³/mol. The molecular weight excluding hydrogens is 344 g/mol. The third-order valence-electron chi connectivity index (χ3n) is 5.89. The maximum Gasteiger partial charge on any atom is 0.249 e. The topological polar surface area (TPSA) is 76.5 Å². The molecule has 2 amide bonds. The van der Waals surface area contributed by atoms with E-state index < -0.39 is 0 Å². The second kappa shape index (κ2) is 8.25. The number of hydrogen-bond donors (Lipinski definition) is 1. The number of likely N-dealkylation sites (tertiary alicyclic amines) is 1. The second-order valence-corrected chi connectivity index (χ2v) is 7.71. The van der Waals surface area contributed by atoms with Gasteiger partial charge in [0.2, 0.25) is 11.8 Å². The number of piperidine rings is 1. The summed E-state index contributed by atoms with van der Waals surface area (Å²) in [4.78, 5) is 27.0. The number of nitrogens with zero attached hydrogens (tertiary/aromatic N) is 3. The number of anilines is 1. The predicted octanol–water partition coefficient (Wildman–Crippen LogP) is 2.52. The summed E-state index contributed by atoms with van der Waals surface area (Å²) in [5.74, 6) is 0.887. The van der Waals surface area contributed by atoms with Crippen LogP contribution in [0.1, 0.15) is 51.0 Å². The van der Waals surface area contributed by atoms with Crippen molar-refractivity contribution in [2.45, 2.75) is 51.0 Å². The zero-order valence-corrected chi connectivity index (χ0v) is 15.7. The molecule has 2 aliphatic heterocycles. The van der Waals surface area contributed by atoms with Gasteiger partial charge >= 0.3 is 0 Å². The van der Waals surface area contributed by atoms with E-state index >= 15 is 0 Å². The lowest BCUT2D eigenvalue weighted by Crippen LogP contribution is -2.40. The highest BCUT2D eigenvalue weighted by molar-refractivity contribution is 5.93. The van der Waals surface area contributed by atoms with Crippen LogP contribution in [-0.2, 0) is 14.3 Å². The van der Waals surface area contributed by atoms with Crippen LogP contribution < -0.4 is 5.32 Å². The van der Waals surface area contributed by atoms with Gasteiger partial charge in [-0.15, -0.1) is 0 Å². The van der Waals surface area contributed by atoms with Crippen LogP contribution in [0.2, 0.25) is 0 Å². The highest BCUT2D eigenvalue weighted by atomic mass is 16.5. The fraction of sp³-hybridized carbons (Fsp3) is 0.650.